The number of carbonyl (C=O) groups excluding carboxylic acids is 1. The number of nitrogens with two attached hydrogens (primary N) is 1. The normalized spacial score (nSPS) is 11.9. The average molecular weight is 744 g/mol. The Labute approximate surface area is 284 Å². The Kier molecular flexibility index (Phi) is 14.1. The van der Waals surface area contributed by atoms with Crippen LogP contribution < -0.4 is 5.73 Å². The summed E-state index contributed by atoms with van der Waals surface area (Å²) in [5, 5.41) is 0. The first-order valence-electron chi connectivity index (χ1n) is 13.9. The largest absolute Gasteiger partial charge is 0.460 e. The smallest absolute Gasteiger partial charge is 0.451 e. The van der Waals surface area contributed by atoms with Gasteiger partial charge in [0.1, 0.15) is 5.60 Å². The number of esters is 1. The highest BCUT2D eigenvalue weighted by Gasteiger charge is 2.35. The number of ether oxygens (including phenoxy) is 1. The second-order valence-electron chi connectivity index (χ2n) is 11.0. The van der Waals surface area contributed by atoms with Gasteiger partial charge in [-0.05, 0) is 50.5 Å². The lowest BCUT2D eigenvalue weighted by Crippen LogP contribution is -2.24. The maximum absolute atomic E-state index is 13.2. The van der Waals surface area contributed by atoms with Crippen molar-refractivity contribution >= 4 is 18.4 Å². The molecule has 272 valence electrons. The van der Waals surface area contributed by atoms with E-state index in [-0.39, 0.29) is 76.6 Å². The van der Waals surface area contributed by atoms with Crippen molar-refractivity contribution in [2.45, 2.75) is 71.0 Å². The molecule has 0 aromatic carbocycles. The third-order valence-electron chi connectivity index (χ3n) is 6.16. The van der Waals surface area contributed by atoms with Crippen molar-refractivity contribution in [3.8, 4) is 22.5 Å². The Morgan fingerprint density at radius 3 is 1.40 bits per heavy atom. The van der Waals surface area contributed by atoms with Crippen molar-refractivity contribution in [3.63, 3.8) is 0 Å². The number of aromatic nitrogens is 6. The van der Waals surface area contributed by atoms with Crippen LogP contribution in [-0.4, -0.2) is 41.5 Å². The average Bonchev–Trinajstić information content (AvgIpc) is 3.02. The monoisotopic (exact) mass is 743 g/mol. The van der Waals surface area contributed by atoms with Gasteiger partial charge in [-0.25, -0.2) is 37.5 Å². The molecule has 0 aliphatic heterocycles. The SMILES string of the molecule is CC(C)(C)OC(=O)CCc1cc(-c2cnc(C(F)(F)F)nc2)ncc1C(F)F.Cl.NCc1cc(-c2cnc(C(F)(F)F)nc2)ncc1C(F)F. The Morgan fingerprint density at radius 1 is 0.680 bits per heavy atom. The van der Waals surface area contributed by atoms with Gasteiger partial charge in [0, 0.05) is 72.4 Å². The van der Waals surface area contributed by atoms with Crippen LogP contribution in [0.2, 0.25) is 0 Å². The minimum Gasteiger partial charge on any atom is -0.460 e. The molecule has 9 nitrogen and oxygen atoms in total. The highest BCUT2D eigenvalue weighted by atomic mass is 35.5. The summed E-state index contributed by atoms with van der Waals surface area (Å²) < 4.78 is 132. The third-order valence-corrected chi connectivity index (χ3v) is 6.16. The maximum atomic E-state index is 13.2. The first-order chi connectivity index (χ1) is 22.7. The van der Waals surface area contributed by atoms with Crippen molar-refractivity contribution in [3.05, 3.63) is 83.2 Å². The molecule has 4 rings (SSSR count). The molecule has 0 saturated heterocycles. The molecule has 0 unspecified atom stereocenters. The lowest BCUT2D eigenvalue weighted by molar-refractivity contribution is -0.154. The van der Waals surface area contributed by atoms with Crippen molar-refractivity contribution in [2.75, 3.05) is 0 Å². The number of nitrogens with zero attached hydrogens (tertiary/aromatic N) is 6. The fourth-order valence-electron chi connectivity index (χ4n) is 3.96. The van der Waals surface area contributed by atoms with Crippen LogP contribution in [0, 0.1) is 0 Å². The van der Waals surface area contributed by atoms with Gasteiger partial charge in [-0.15, -0.1) is 12.4 Å². The van der Waals surface area contributed by atoms with E-state index in [4.69, 9.17) is 10.5 Å². The maximum Gasteiger partial charge on any atom is 0.451 e. The van der Waals surface area contributed by atoms with Gasteiger partial charge in [-0.2, -0.15) is 26.3 Å². The van der Waals surface area contributed by atoms with E-state index in [9.17, 15) is 48.7 Å². The Hall–Kier alpha value is -4.52. The first kappa shape index (κ1) is 41.7. The van der Waals surface area contributed by atoms with Gasteiger partial charge >= 0.3 is 18.3 Å². The quantitative estimate of drug-likeness (QED) is 0.140. The van der Waals surface area contributed by atoms with Crippen LogP contribution >= 0.6 is 12.4 Å². The molecule has 0 saturated carbocycles. The highest BCUT2D eigenvalue weighted by molar-refractivity contribution is 5.85. The van der Waals surface area contributed by atoms with Crippen LogP contribution in [0.1, 0.15) is 73.9 Å². The summed E-state index contributed by atoms with van der Waals surface area (Å²) in [6.45, 7) is 4.91. The zero-order valence-corrected chi connectivity index (χ0v) is 27.0. The fourth-order valence-corrected chi connectivity index (χ4v) is 3.96. The summed E-state index contributed by atoms with van der Waals surface area (Å²) in [4.78, 5) is 32.3. The van der Waals surface area contributed by atoms with E-state index < -0.39 is 48.4 Å². The van der Waals surface area contributed by atoms with Crippen LogP contribution in [0.25, 0.3) is 22.5 Å². The molecule has 0 radical (unpaired) electrons. The molecule has 20 heteroatoms. The molecule has 0 aliphatic rings. The summed E-state index contributed by atoms with van der Waals surface area (Å²) in [6, 6.07) is 2.57. The Balaban J connectivity index is 0.000000353. The number of halogens is 11. The van der Waals surface area contributed by atoms with E-state index in [1.807, 2.05) is 0 Å². The molecule has 0 spiro atoms. The molecule has 0 aliphatic carbocycles. The molecular weight excluding hydrogens is 716 g/mol. The fraction of sp³-hybridized carbons (Fsp3) is 0.367. The van der Waals surface area contributed by atoms with Crippen molar-refractivity contribution < 1.29 is 53.4 Å². The number of rotatable bonds is 8. The second-order valence-corrected chi connectivity index (χ2v) is 11.0. The topological polar surface area (TPSA) is 130 Å². The molecule has 0 bridgehead atoms. The lowest BCUT2D eigenvalue weighted by atomic mass is 10.0. The van der Waals surface area contributed by atoms with Gasteiger partial charge in [-0.3, -0.25) is 14.8 Å². The number of pyridine rings is 2. The van der Waals surface area contributed by atoms with E-state index in [1.165, 1.54) is 12.1 Å². The molecule has 4 heterocycles. The van der Waals surface area contributed by atoms with E-state index in [1.54, 1.807) is 20.8 Å². The zero-order valence-electron chi connectivity index (χ0n) is 26.2. The molecule has 4 aromatic rings. The number of hydrogen-bond acceptors (Lipinski definition) is 9. The van der Waals surface area contributed by atoms with Gasteiger partial charge < -0.3 is 10.5 Å². The van der Waals surface area contributed by atoms with E-state index in [0.717, 1.165) is 37.2 Å². The molecule has 50 heavy (non-hydrogen) atoms. The minimum atomic E-state index is -4.69. The Morgan fingerprint density at radius 2 is 1.06 bits per heavy atom. The zero-order chi connectivity index (χ0) is 36.7. The van der Waals surface area contributed by atoms with E-state index in [2.05, 4.69) is 29.9 Å². The van der Waals surface area contributed by atoms with Crippen LogP contribution in [0.15, 0.2) is 49.3 Å². The van der Waals surface area contributed by atoms with Crippen LogP contribution in [0.5, 0.6) is 0 Å². The van der Waals surface area contributed by atoms with Gasteiger partial charge in [0.05, 0.1) is 11.4 Å². The van der Waals surface area contributed by atoms with E-state index >= 15 is 0 Å². The Bertz CT molecular complexity index is 1720. The molecular formula is C30H28ClF10N7O2. The van der Waals surface area contributed by atoms with E-state index in [0.29, 0.717) is 0 Å². The van der Waals surface area contributed by atoms with Crippen molar-refractivity contribution in [1.29, 1.82) is 0 Å². The minimum absolute atomic E-state index is 0. The van der Waals surface area contributed by atoms with Crippen LogP contribution in [0.3, 0.4) is 0 Å². The van der Waals surface area contributed by atoms with Crippen molar-refractivity contribution in [1.82, 2.24) is 29.9 Å². The van der Waals surface area contributed by atoms with Gasteiger partial charge in [0.15, 0.2) is 0 Å². The summed E-state index contributed by atoms with van der Waals surface area (Å²) in [5.41, 5.74) is 4.91. The van der Waals surface area contributed by atoms with Gasteiger partial charge in [0.2, 0.25) is 11.6 Å². The van der Waals surface area contributed by atoms with Crippen LogP contribution in [0.4, 0.5) is 43.9 Å². The predicted octanol–water partition coefficient (Wildman–Crippen LogP) is 8.14. The number of aryl methyl sites for hydroxylation is 1. The second kappa shape index (κ2) is 16.9. The van der Waals surface area contributed by atoms with Gasteiger partial charge in [-0.1, -0.05) is 0 Å². The summed E-state index contributed by atoms with van der Waals surface area (Å²) in [7, 11) is 0. The summed E-state index contributed by atoms with van der Waals surface area (Å²) >= 11 is 0. The number of hydrogen-bond donors (Lipinski definition) is 1. The van der Waals surface area contributed by atoms with Gasteiger partial charge in [0.25, 0.3) is 12.9 Å². The molecule has 0 fully saturated rings. The van der Waals surface area contributed by atoms with Crippen molar-refractivity contribution in [2.24, 2.45) is 5.73 Å². The van der Waals surface area contributed by atoms with Crippen LogP contribution in [-0.2, 0) is 34.8 Å². The first-order valence-corrected chi connectivity index (χ1v) is 13.9. The summed E-state index contributed by atoms with van der Waals surface area (Å²) in [6.07, 6.45) is -9.49. The molecule has 0 amide bonds. The highest BCUT2D eigenvalue weighted by Crippen LogP contribution is 2.31. The third kappa shape index (κ3) is 11.8. The summed E-state index contributed by atoms with van der Waals surface area (Å²) in [5.74, 6) is -3.15. The molecule has 0 atom stereocenters. The number of carbonyl (C=O) groups is 1. The standard InChI is InChI=1S/C18H18F5N3O2.C12H9F5N4.ClH/c1-17(2,3)28-14(27)5-4-10-6-13(24-9-12(10)15(19)20)11-7-25-16(26-8-11)18(21,22)23;13-10(14)8-5-19-9(1-6(8)2-18)7-3-20-11(21-4-7)12(15,16)17;/h6-9,15H,4-5H2,1-3H3;1,3-5,10H,2,18H2;1H. The predicted molar refractivity (Wildman–Crippen MR) is 160 cm³/mol. The lowest BCUT2D eigenvalue weighted by Gasteiger charge is -2.19. The molecule has 2 N–H and O–H groups in total. The molecule has 4 aromatic heterocycles. The number of alkyl halides is 10.